The fourth-order valence-corrected chi connectivity index (χ4v) is 7.21. The van der Waals surface area contributed by atoms with Crippen LogP contribution < -0.4 is 30.2 Å². The van der Waals surface area contributed by atoms with Crippen LogP contribution in [0.3, 0.4) is 0 Å². The minimum Gasteiger partial charge on any atom is -0.496 e. The summed E-state index contributed by atoms with van der Waals surface area (Å²) in [5.41, 5.74) is 0.963. The number of methoxy groups -OCH3 is 2. The zero-order chi connectivity index (χ0) is 34.9. The molecule has 0 aromatic heterocycles. The maximum atomic E-state index is 14.1. The van der Waals surface area contributed by atoms with Gasteiger partial charge < -0.3 is 35.1 Å². The third kappa shape index (κ3) is 8.83. The topological polar surface area (TPSA) is 139 Å². The molecule has 12 nitrogen and oxygen atoms in total. The van der Waals surface area contributed by atoms with Gasteiger partial charge in [0.1, 0.15) is 17.5 Å². The number of fused-ring (bicyclic) bond motifs is 4. The van der Waals surface area contributed by atoms with E-state index < -0.39 is 6.04 Å². The molecule has 3 atom stereocenters. The van der Waals surface area contributed by atoms with Crippen LogP contribution in [0.4, 0.5) is 0 Å². The molecule has 3 aliphatic heterocycles. The Morgan fingerprint density at radius 1 is 0.878 bits per heavy atom. The van der Waals surface area contributed by atoms with Crippen molar-refractivity contribution in [3.8, 4) is 23.0 Å². The Bertz CT molecular complexity index is 1500. The van der Waals surface area contributed by atoms with Crippen LogP contribution in [0.1, 0.15) is 74.7 Å². The Balaban J connectivity index is 1.42. The Hall–Kier alpha value is -4.32. The number of nitrogens with zero attached hydrogens (tertiary/aromatic N) is 2. The lowest BCUT2D eigenvalue weighted by Crippen LogP contribution is -2.56. The Morgan fingerprint density at radius 2 is 1.65 bits per heavy atom. The van der Waals surface area contributed by atoms with Gasteiger partial charge in [0.25, 0.3) is 5.91 Å². The number of rotatable bonds is 4. The second-order valence-electron chi connectivity index (χ2n) is 13.5. The van der Waals surface area contributed by atoms with E-state index in [4.69, 9.17) is 14.2 Å². The van der Waals surface area contributed by atoms with Crippen molar-refractivity contribution in [3.05, 3.63) is 47.5 Å². The van der Waals surface area contributed by atoms with Gasteiger partial charge >= 0.3 is 0 Å². The molecule has 266 valence electrons. The zero-order valence-electron chi connectivity index (χ0n) is 29.2. The fraction of sp³-hybridized carbons (Fsp3) is 0.568. The smallest absolute Gasteiger partial charge is 0.251 e. The second kappa shape index (κ2) is 16.9. The van der Waals surface area contributed by atoms with Gasteiger partial charge in [-0.3, -0.25) is 24.1 Å². The quantitative estimate of drug-likeness (QED) is 0.444. The minimum atomic E-state index is -0.829. The van der Waals surface area contributed by atoms with E-state index in [0.717, 1.165) is 45.2 Å². The van der Waals surface area contributed by atoms with Crippen molar-refractivity contribution in [2.24, 2.45) is 11.8 Å². The largest absolute Gasteiger partial charge is 0.496 e. The monoisotopic (exact) mass is 677 g/mol. The number of piperidine rings is 2. The van der Waals surface area contributed by atoms with Gasteiger partial charge in [-0.1, -0.05) is 26.3 Å². The van der Waals surface area contributed by atoms with Crippen molar-refractivity contribution in [1.29, 1.82) is 0 Å². The minimum absolute atomic E-state index is 0.00191. The zero-order valence-corrected chi connectivity index (χ0v) is 29.2. The molecule has 5 rings (SSSR count). The molecule has 2 bridgehead atoms. The van der Waals surface area contributed by atoms with Gasteiger partial charge in [0.05, 0.1) is 38.8 Å². The molecule has 2 fully saturated rings. The summed E-state index contributed by atoms with van der Waals surface area (Å²) in [5, 5.41) is 8.84. The van der Waals surface area contributed by atoms with E-state index >= 15 is 0 Å². The summed E-state index contributed by atoms with van der Waals surface area (Å²) in [5.74, 6) is 0.257. The fourth-order valence-electron chi connectivity index (χ4n) is 7.21. The predicted molar refractivity (Wildman–Crippen MR) is 185 cm³/mol. The van der Waals surface area contributed by atoms with Crippen LogP contribution in [0, 0.1) is 11.8 Å². The molecule has 12 heteroatoms. The Morgan fingerprint density at radius 3 is 2.43 bits per heavy atom. The van der Waals surface area contributed by atoms with Crippen molar-refractivity contribution in [2.45, 2.75) is 77.4 Å². The first-order valence-corrected chi connectivity index (χ1v) is 17.6. The first-order valence-electron chi connectivity index (χ1n) is 17.6. The summed E-state index contributed by atoms with van der Waals surface area (Å²) in [6.07, 6.45) is 6.23. The molecule has 0 radical (unpaired) electrons. The van der Waals surface area contributed by atoms with E-state index in [9.17, 15) is 19.2 Å². The second-order valence-corrected chi connectivity index (χ2v) is 13.5. The molecule has 2 aromatic carbocycles. The number of carbonyl (C=O) groups excluding carboxylic acids is 4. The number of nitrogens with one attached hydrogen (secondary N) is 3. The average Bonchev–Trinajstić information content (AvgIpc) is 3.11. The van der Waals surface area contributed by atoms with E-state index in [2.05, 4.69) is 20.9 Å². The molecule has 2 saturated heterocycles. The van der Waals surface area contributed by atoms with Crippen LogP contribution in [0.25, 0.3) is 0 Å². The number of benzene rings is 2. The summed E-state index contributed by atoms with van der Waals surface area (Å²) in [6, 6.07) is 9.62. The van der Waals surface area contributed by atoms with Gasteiger partial charge in [-0.05, 0) is 87.9 Å². The van der Waals surface area contributed by atoms with E-state index in [-0.39, 0.29) is 54.6 Å². The summed E-state index contributed by atoms with van der Waals surface area (Å²) >= 11 is 0. The lowest BCUT2D eigenvalue weighted by molar-refractivity contribution is -0.144. The molecule has 0 saturated carbocycles. The first kappa shape index (κ1) is 36.0. The van der Waals surface area contributed by atoms with E-state index in [1.165, 1.54) is 14.2 Å². The van der Waals surface area contributed by atoms with Gasteiger partial charge in [-0.15, -0.1) is 0 Å². The van der Waals surface area contributed by atoms with Crippen molar-refractivity contribution < 1.29 is 33.4 Å². The van der Waals surface area contributed by atoms with Gasteiger partial charge in [0, 0.05) is 24.7 Å². The van der Waals surface area contributed by atoms with Crippen molar-refractivity contribution in [1.82, 2.24) is 25.8 Å². The van der Waals surface area contributed by atoms with Crippen LogP contribution in [-0.4, -0.2) is 92.5 Å². The molecule has 3 aliphatic rings. The molecule has 49 heavy (non-hydrogen) atoms. The van der Waals surface area contributed by atoms with Crippen molar-refractivity contribution >= 4 is 23.6 Å². The molecule has 0 aliphatic carbocycles. The highest BCUT2D eigenvalue weighted by Gasteiger charge is 2.39. The van der Waals surface area contributed by atoms with Crippen LogP contribution in [0.2, 0.25) is 0 Å². The molecule has 2 aromatic rings. The van der Waals surface area contributed by atoms with Crippen LogP contribution >= 0.6 is 0 Å². The Labute approximate surface area is 289 Å². The number of amides is 4. The molecule has 0 unspecified atom stereocenters. The van der Waals surface area contributed by atoms with E-state index in [1.807, 2.05) is 13.8 Å². The predicted octanol–water partition coefficient (Wildman–Crippen LogP) is 3.87. The molecular weight excluding hydrogens is 626 g/mol. The van der Waals surface area contributed by atoms with Crippen LogP contribution in [0.5, 0.6) is 23.0 Å². The lowest BCUT2D eigenvalue weighted by Gasteiger charge is -2.44. The molecule has 3 heterocycles. The van der Waals surface area contributed by atoms with Gasteiger partial charge in [-0.2, -0.15) is 0 Å². The summed E-state index contributed by atoms with van der Waals surface area (Å²) in [6.45, 7) is 6.45. The number of carbonyl (C=O) groups is 4. The van der Waals surface area contributed by atoms with Gasteiger partial charge in [0.2, 0.25) is 17.7 Å². The maximum absolute atomic E-state index is 14.1. The third-order valence-corrected chi connectivity index (χ3v) is 9.85. The van der Waals surface area contributed by atoms with Crippen LogP contribution in [0.15, 0.2) is 36.4 Å². The normalized spacial score (nSPS) is 23.2. The standard InChI is InChI=1S/C37H51N5O7/c1-24(2)34-36(45)39-22-27-29(47-3)13-9-14-30(27)49-32-21-25(15-16-31(32)48-4)35(44)38-17-6-8-19-42(23-33(43)40-34)37(46)26-11-10-20-41-18-7-5-12-28(26)41/h9,13-16,21,24,26,28,34H,5-8,10-12,17-20,22-23H2,1-4H3,(H,38,44)(H,39,45)(H,40,43)/t26-,28-,34-/m1/s1. The SMILES string of the molecule is COc1ccc2cc1Oc1cccc(OC)c1CNC(=O)[C@@H](C(C)C)NC(=O)CN(C(=O)[C@@H]1CCCN3CCCC[C@H]13)CCCCNC2=O. The number of ether oxygens (including phenoxy) is 3. The van der Waals surface area contributed by atoms with Crippen LogP contribution in [-0.2, 0) is 20.9 Å². The van der Waals surface area contributed by atoms with Crippen molar-refractivity contribution in [2.75, 3.05) is 46.9 Å². The Kier molecular flexibility index (Phi) is 12.4. The van der Waals surface area contributed by atoms with Gasteiger partial charge in [0.15, 0.2) is 11.5 Å². The molecular formula is C37H51N5O7. The first-order chi connectivity index (χ1) is 23.7. The highest BCUT2D eigenvalue weighted by Crippen LogP contribution is 2.37. The lowest BCUT2D eigenvalue weighted by atomic mass is 9.82. The number of hydrogen-bond donors (Lipinski definition) is 3. The highest BCUT2D eigenvalue weighted by atomic mass is 16.5. The summed E-state index contributed by atoms with van der Waals surface area (Å²) in [7, 11) is 3.05. The molecule has 4 amide bonds. The van der Waals surface area contributed by atoms with E-state index in [1.54, 1.807) is 41.3 Å². The molecule has 0 spiro atoms. The highest BCUT2D eigenvalue weighted by molar-refractivity contribution is 5.95. The average molecular weight is 678 g/mol. The van der Waals surface area contributed by atoms with Gasteiger partial charge in [-0.25, -0.2) is 0 Å². The van der Waals surface area contributed by atoms with E-state index in [0.29, 0.717) is 60.1 Å². The van der Waals surface area contributed by atoms with Crippen molar-refractivity contribution in [3.63, 3.8) is 0 Å². The summed E-state index contributed by atoms with van der Waals surface area (Å²) < 4.78 is 17.4. The number of hydrogen-bond acceptors (Lipinski definition) is 8. The molecule has 3 N–H and O–H groups in total. The third-order valence-electron chi connectivity index (χ3n) is 9.85. The summed E-state index contributed by atoms with van der Waals surface area (Å²) in [4.78, 5) is 58.7. The maximum Gasteiger partial charge on any atom is 0.251 e.